The molecule has 7 heteroatoms. The van der Waals surface area contributed by atoms with Gasteiger partial charge in [0.1, 0.15) is 5.78 Å². The fraction of sp³-hybridized carbons (Fsp3) is 0.381. The Morgan fingerprint density at radius 1 is 1.00 bits per heavy atom. The third kappa shape index (κ3) is 5.19. The molecule has 0 radical (unpaired) electrons. The largest absolute Gasteiger partial charge is 0.454 e. The summed E-state index contributed by atoms with van der Waals surface area (Å²) in [4.78, 5) is 39.8. The molecule has 0 atom stereocenters. The predicted molar refractivity (Wildman–Crippen MR) is 106 cm³/mol. The minimum absolute atomic E-state index is 0.0160. The molecule has 0 saturated carbocycles. The highest BCUT2D eigenvalue weighted by atomic mass is 32.1. The molecule has 2 aromatic rings. The Hall–Kier alpha value is -2.67. The minimum Gasteiger partial charge on any atom is -0.454 e. The maximum absolute atomic E-state index is 12.3. The molecule has 1 amide bonds. The topological polar surface area (TPSA) is 72.9 Å². The van der Waals surface area contributed by atoms with Gasteiger partial charge < -0.3 is 14.4 Å². The van der Waals surface area contributed by atoms with Gasteiger partial charge in [-0.2, -0.15) is 0 Å². The first-order valence-corrected chi connectivity index (χ1v) is 9.98. The molecule has 1 aromatic heterocycles. The van der Waals surface area contributed by atoms with Crippen LogP contribution in [0.1, 0.15) is 45.8 Å². The minimum atomic E-state index is -0.105. The number of carbonyl (C=O) groups is 3. The van der Waals surface area contributed by atoms with Crippen molar-refractivity contribution in [3.8, 4) is 11.5 Å². The number of fused-ring (bicyclic) bond motifs is 1. The van der Waals surface area contributed by atoms with E-state index in [0.29, 0.717) is 22.9 Å². The van der Waals surface area contributed by atoms with E-state index in [0.717, 1.165) is 10.4 Å². The zero-order valence-electron chi connectivity index (χ0n) is 16.0. The van der Waals surface area contributed by atoms with Crippen LogP contribution < -0.4 is 9.47 Å². The number of ketones is 2. The van der Waals surface area contributed by atoms with Crippen molar-refractivity contribution in [2.45, 2.75) is 39.2 Å². The van der Waals surface area contributed by atoms with Crippen molar-refractivity contribution in [2.75, 3.05) is 13.8 Å². The fourth-order valence-corrected chi connectivity index (χ4v) is 3.76. The number of Topliss-reactive ketones (excluding diaryl/α,β-unsaturated/α-hetero) is 2. The summed E-state index contributed by atoms with van der Waals surface area (Å²) in [5.74, 6) is 1.20. The summed E-state index contributed by atoms with van der Waals surface area (Å²) in [6.45, 7) is 2.59. The van der Waals surface area contributed by atoms with Gasteiger partial charge in [-0.15, -0.1) is 11.3 Å². The number of nitrogens with zero attached hydrogens (tertiary/aromatic N) is 1. The normalized spacial score (nSPS) is 12.1. The number of hydrogen-bond acceptors (Lipinski definition) is 6. The number of aryl methyl sites for hydroxylation is 1. The first-order chi connectivity index (χ1) is 13.4. The highest BCUT2D eigenvalue weighted by Gasteiger charge is 2.17. The van der Waals surface area contributed by atoms with Gasteiger partial charge in [-0.1, -0.05) is 6.07 Å². The first-order valence-electron chi connectivity index (χ1n) is 9.16. The molecule has 1 aliphatic rings. The van der Waals surface area contributed by atoms with Gasteiger partial charge in [0.2, 0.25) is 12.7 Å². The summed E-state index contributed by atoms with van der Waals surface area (Å²) in [6.07, 6.45) is 0.669. The van der Waals surface area contributed by atoms with Gasteiger partial charge in [0, 0.05) is 44.2 Å². The molecule has 28 heavy (non-hydrogen) atoms. The Morgan fingerprint density at radius 3 is 2.50 bits per heavy atom. The fourth-order valence-electron chi connectivity index (χ4n) is 2.92. The van der Waals surface area contributed by atoms with Gasteiger partial charge in [0.05, 0.1) is 4.88 Å². The van der Waals surface area contributed by atoms with Crippen molar-refractivity contribution >= 4 is 28.8 Å². The number of hydrogen-bond donors (Lipinski definition) is 0. The maximum atomic E-state index is 12.3. The number of carbonyl (C=O) groups excluding carboxylic acids is 3. The molecule has 0 spiro atoms. The van der Waals surface area contributed by atoms with Crippen LogP contribution in [0.3, 0.4) is 0 Å². The molecular formula is C21H23NO5S. The second-order valence-electron chi connectivity index (χ2n) is 6.81. The molecular weight excluding hydrogens is 378 g/mol. The van der Waals surface area contributed by atoms with Crippen LogP contribution in [0.2, 0.25) is 0 Å². The zero-order chi connectivity index (χ0) is 20.1. The van der Waals surface area contributed by atoms with Crippen LogP contribution in [0.25, 0.3) is 0 Å². The molecule has 3 rings (SSSR count). The van der Waals surface area contributed by atoms with E-state index in [1.807, 2.05) is 31.2 Å². The maximum Gasteiger partial charge on any atom is 0.231 e. The summed E-state index contributed by atoms with van der Waals surface area (Å²) in [7, 11) is 1.71. The van der Waals surface area contributed by atoms with Crippen LogP contribution in [0.4, 0.5) is 0 Å². The van der Waals surface area contributed by atoms with Gasteiger partial charge in [-0.25, -0.2) is 0 Å². The predicted octanol–water partition coefficient (Wildman–Crippen LogP) is 3.76. The van der Waals surface area contributed by atoms with Gasteiger partial charge in [0.15, 0.2) is 17.3 Å². The van der Waals surface area contributed by atoms with E-state index < -0.39 is 0 Å². The average molecular weight is 401 g/mol. The summed E-state index contributed by atoms with van der Waals surface area (Å²) in [5, 5.41) is 0. The van der Waals surface area contributed by atoms with Crippen molar-refractivity contribution in [2.24, 2.45) is 0 Å². The van der Waals surface area contributed by atoms with Crippen LogP contribution in [0.5, 0.6) is 11.5 Å². The molecule has 1 aliphatic heterocycles. The summed E-state index contributed by atoms with van der Waals surface area (Å²) in [5.41, 5.74) is 0.934. The molecule has 2 heterocycles. The summed E-state index contributed by atoms with van der Waals surface area (Å²) >= 11 is 1.44. The van der Waals surface area contributed by atoms with Crippen molar-refractivity contribution in [3.63, 3.8) is 0 Å². The van der Waals surface area contributed by atoms with Crippen molar-refractivity contribution in [3.05, 3.63) is 45.6 Å². The highest BCUT2D eigenvalue weighted by molar-refractivity contribution is 7.14. The molecule has 148 valence electrons. The lowest BCUT2D eigenvalue weighted by atomic mass is 10.1. The molecule has 0 bridgehead atoms. The monoisotopic (exact) mass is 401 g/mol. The number of benzene rings is 1. The first kappa shape index (κ1) is 20.1. The van der Waals surface area contributed by atoms with Crippen LogP contribution in [0, 0.1) is 6.92 Å². The summed E-state index contributed by atoms with van der Waals surface area (Å²) in [6, 6.07) is 9.26. The molecule has 6 nitrogen and oxygen atoms in total. The number of ether oxygens (including phenoxy) is 2. The van der Waals surface area contributed by atoms with E-state index in [-0.39, 0.29) is 49.9 Å². The Kier molecular flexibility index (Phi) is 6.46. The van der Waals surface area contributed by atoms with E-state index >= 15 is 0 Å². The third-order valence-electron chi connectivity index (χ3n) is 4.55. The van der Waals surface area contributed by atoms with Crippen LogP contribution >= 0.6 is 11.3 Å². The number of thiophene rings is 1. The van der Waals surface area contributed by atoms with Crippen LogP contribution in [-0.2, 0) is 16.1 Å². The van der Waals surface area contributed by atoms with E-state index in [2.05, 4.69) is 0 Å². The van der Waals surface area contributed by atoms with Gasteiger partial charge in [0.25, 0.3) is 0 Å². The van der Waals surface area contributed by atoms with Crippen molar-refractivity contribution < 1.29 is 23.9 Å². The van der Waals surface area contributed by atoms with Crippen LogP contribution in [0.15, 0.2) is 30.3 Å². The third-order valence-corrected chi connectivity index (χ3v) is 5.59. The SMILES string of the molecule is Cc1ccc(C(=O)CCC(=O)CCC(=O)N(C)Cc2ccc3c(c2)OCO3)s1. The Bertz CT molecular complexity index is 889. The van der Waals surface area contributed by atoms with Gasteiger partial charge in [-0.05, 0) is 36.8 Å². The summed E-state index contributed by atoms with van der Waals surface area (Å²) < 4.78 is 10.6. The molecule has 0 unspecified atom stereocenters. The van der Waals surface area contributed by atoms with E-state index in [4.69, 9.17) is 9.47 Å². The van der Waals surface area contributed by atoms with E-state index in [1.165, 1.54) is 11.3 Å². The quantitative estimate of drug-likeness (QED) is 0.598. The number of rotatable bonds is 9. The smallest absolute Gasteiger partial charge is 0.231 e. The van der Waals surface area contributed by atoms with Gasteiger partial charge in [-0.3, -0.25) is 14.4 Å². The lowest BCUT2D eigenvalue weighted by molar-refractivity contribution is -0.132. The van der Waals surface area contributed by atoms with E-state index in [1.54, 1.807) is 18.0 Å². The molecule has 0 saturated heterocycles. The lowest BCUT2D eigenvalue weighted by Crippen LogP contribution is -2.26. The Morgan fingerprint density at radius 2 is 1.75 bits per heavy atom. The zero-order valence-corrected chi connectivity index (χ0v) is 16.8. The highest BCUT2D eigenvalue weighted by Crippen LogP contribution is 2.32. The second kappa shape index (κ2) is 9.01. The standard InChI is InChI=1S/C21H23NO5S/c1-14-3-9-20(28-14)17(24)7-5-16(23)6-10-21(25)22(2)12-15-4-8-18-19(11-15)27-13-26-18/h3-4,8-9,11H,5-7,10,12-13H2,1-2H3. The average Bonchev–Trinajstić information content (AvgIpc) is 3.32. The number of amides is 1. The van der Waals surface area contributed by atoms with Crippen LogP contribution in [-0.4, -0.2) is 36.2 Å². The molecule has 1 aromatic carbocycles. The molecule has 0 fully saturated rings. The van der Waals surface area contributed by atoms with E-state index in [9.17, 15) is 14.4 Å². The Balaban J connectivity index is 1.40. The van der Waals surface area contributed by atoms with Crippen molar-refractivity contribution in [1.82, 2.24) is 4.90 Å². The molecule has 0 N–H and O–H groups in total. The second-order valence-corrected chi connectivity index (χ2v) is 8.10. The lowest BCUT2D eigenvalue weighted by Gasteiger charge is -2.17. The Labute approximate surface area is 168 Å². The molecule has 0 aliphatic carbocycles. The van der Waals surface area contributed by atoms with Gasteiger partial charge >= 0.3 is 0 Å². The van der Waals surface area contributed by atoms with Crippen molar-refractivity contribution in [1.29, 1.82) is 0 Å².